The highest BCUT2D eigenvalue weighted by Crippen LogP contribution is 2.31. The van der Waals surface area contributed by atoms with Crippen LogP contribution in [0.3, 0.4) is 0 Å². The summed E-state index contributed by atoms with van der Waals surface area (Å²) in [5.41, 5.74) is 1.23. The van der Waals surface area contributed by atoms with Gasteiger partial charge >= 0.3 is 0 Å². The second kappa shape index (κ2) is 8.45. The molecule has 2 aromatic rings. The Morgan fingerprint density at radius 2 is 1.89 bits per heavy atom. The second-order valence-electron chi connectivity index (χ2n) is 7.63. The SMILES string of the molecule is CN[C@@H]1CN(C(=O)C2CCN(c3ccncn3)CC2)C[C@H]1c1ccc(Cl)cc1. The third kappa shape index (κ3) is 3.98. The summed E-state index contributed by atoms with van der Waals surface area (Å²) in [6, 6.07) is 10.2. The predicted molar refractivity (Wildman–Crippen MR) is 111 cm³/mol. The van der Waals surface area contributed by atoms with E-state index in [9.17, 15) is 4.79 Å². The number of anilines is 1. The van der Waals surface area contributed by atoms with E-state index in [0.717, 1.165) is 49.9 Å². The minimum atomic E-state index is 0.0968. The van der Waals surface area contributed by atoms with E-state index >= 15 is 0 Å². The molecule has 2 saturated heterocycles. The molecule has 0 unspecified atom stereocenters. The van der Waals surface area contributed by atoms with Gasteiger partial charge < -0.3 is 15.1 Å². The number of likely N-dealkylation sites (tertiary alicyclic amines) is 1. The summed E-state index contributed by atoms with van der Waals surface area (Å²) in [7, 11) is 1.97. The number of hydrogen-bond acceptors (Lipinski definition) is 5. The van der Waals surface area contributed by atoms with Gasteiger partial charge in [-0.2, -0.15) is 0 Å². The van der Waals surface area contributed by atoms with E-state index in [4.69, 9.17) is 11.6 Å². The van der Waals surface area contributed by atoms with Crippen molar-refractivity contribution in [3.05, 3.63) is 53.4 Å². The van der Waals surface area contributed by atoms with Gasteiger partial charge in [-0.15, -0.1) is 0 Å². The van der Waals surface area contributed by atoms with Crippen molar-refractivity contribution in [2.75, 3.05) is 38.1 Å². The molecule has 2 fully saturated rings. The number of hydrogen-bond donors (Lipinski definition) is 1. The summed E-state index contributed by atoms with van der Waals surface area (Å²) in [6.45, 7) is 3.24. The van der Waals surface area contributed by atoms with Crippen LogP contribution in [-0.4, -0.2) is 60.0 Å². The van der Waals surface area contributed by atoms with Crippen molar-refractivity contribution in [3.63, 3.8) is 0 Å². The lowest BCUT2D eigenvalue weighted by molar-refractivity contribution is -0.135. The van der Waals surface area contributed by atoms with Crippen LogP contribution in [-0.2, 0) is 4.79 Å². The fraction of sp³-hybridized carbons (Fsp3) is 0.476. The van der Waals surface area contributed by atoms with Gasteiger partial charge in [0, 0.05) is 55.3 Å². The monoisotopic (exact) mass is 399 g/mol. The first-order valence-electron chi connectivity index (χ1n) is 9.88. The van der Waals surface area contributed by atoms with Crippen LogP contribution in [0.5, 0.6) is 0 Å². The van der Waals surface area contributed by atoms with Gasteiger partial charge in [0.15, 0.2) is 0 Å². The Labute approximate surface area is 170 Å². The molecule has 0 spiro atoms. The number of carbonyl (C=O) groups is 1. The molecule has 2 aliphatic rings. The zero-order chi connectivity index (χ0) is 19.5. The molecule has 7 heteroatoms. The van der Waals surface area contributed by atoms with Gasteiger partial charge in [0.25, 0.3) is 0 Å². The normalized spacial score (nSPS) is 23.2. The largest absolute Gasteiger partial charge is 0.356 e. The van der Waals surface area contributed by atoms with Crippen LogP contribution in [0, 0.1) is 5.92 Å². The van der Waals surface area contributed by atoms with Crippen molar-refractivity contribution in [3.8, 4) is 0 Å². The molecule has 0 aliphatic carbocycles. The summed E-state index contributed by atoms with van der Waals surface area (Å²) < 4.78 is 0. The lowest BCUT2D eigenvalue weighted by Gasteiger charge is -2.33. The van der Waals surface area contributed by atoms with E-state index in [1.165, 1.54) is 5.56 Å². The van der Waals surface area contributed by atoms with Gasteiger partial charge in [-0.05, 0) is 43.7 Å². The van der Waals surface area contributed by atoms with E-state index in [-0.39, 0.29) is 12.0 Å². The highest BCUT2D eigenvalue weighted by atomic mass is 35.5. The number of aromatic nitrogens is 2. The summed E-state index contributed by atoms with van der Waals surface area (Å²) in [5.74, 6) is 1.63. The third-order valence-electron chi connectivity index (χ3n) is 6.04. The first-order valence-corrected chi connectivity index (χ1v) is 10.3. The molecule has 28 heavy (non-hydrogen) atoms. The van der Waals surface area contributed by atoms with E-state index in [2.05, 4.69) is 32.3 Å². The van der Waals surface area contributed by atoms with Crippen molar-refractivity contribution < 1.29 is 4.79 Å². The van der Waals surface area contributed by atoms with Gasteiger partial charge in [0.05, 0.1) is 0 Å². The molecule has 2 aliphatic heterocycles. The number of rotatable bonds is 4. The average molecular weight is 400 g/mol. The van der Waals surface area contributed by atoms with E-state index in [1.807, 2.05) is 30.1 Å². The molecule has 0 saturated carbocycles. The fourth-order valence-corrected chi connectivity index (χ4v) is 4.53. The number of nitrogens with zero attached hydrogens (tertiary/aromatic N) is 4. The first-order chi connectivity index (χ1) is 13.7. The van der Waals surface area contributed by atoms with Crippen molar-refractivity contribution in [2.24, 2.45) is 5.92 Å². The van der Waals surface area contributed by atoms with Gasteiger partial charge in [-0.25, -0.2) is 9.97 Å². The first kappa shape index (κ1) is 19.2. The highest BCUT2D eigenvalue weighted by molar-refractivity contribution is 6.30. The zero-order valence-electron chi connectivity index (χ0n) is 16.1. The second-order valence-corrected chi connectivity index (χ2v) is 8.06. The Bertz CT molecular complexity index is 792. The van der Waals surface area contributed by atoms with Crippen LogP contribution in [0.2, 0.25) is 5.02 Å². The minimum Gasteiger partial charge on any atom is -0.356 e. The van der Waals surface area contributed by atoms with Gasteiger partial charge in [0.2, 0.25) is 5.91 Å². The molecule has 0 bridgehead atoms. The van der Waals surface area contributed by atoms with E-state index in [0.29, 0.717) is 11.8 Å². The van der Waals surface area contributed by atoms with Gasteiger partial charge in [-0.1, -0.05) is 23.7 Å². The summed E-state index contributed by atoms with van der Waals surface area (Å²) in [4.78, 5) is 25.8. The zero-order valence-corrected chi connectivity index (χ0v) is 16.8. The van der Waals surface area contributed by atoms with E-state index in [1.54, 1.807) is 12.5 Å². The molecule has 1 aromatic heterocycles. The maximum absolute atomic E-state index is 13.2. The average Bonchev–Trinajstić information content (AvgIpc) is 3.19. The number of likely N-dealkylation sites (N-methyl/N-ethyl adjacent to an activating group) is 1. The molecule has 3 heterocycles. The van der Waals surface area contributed by atoms with Crippen molar-refractivity contribution >= 4 is 23.3 Å². The Balaban J connectivity index is 1.38. The summed E-state index contributed by atoms with van der Waals surface area (Å²) in [6.07, 6.45) is 5.08. The Hall–Kier alpha value is -2.18. The molecular formula is C21H26ClN5O. The fourth-order valence-electron chi connectivity index (χ4n) is 4.41. The standard InChI is InChI=1S/C21H26ClN5O/c1-23-19-13-27(12-18(19)15-2-4-17(22)5-3-15)21(28)16-7-10-26(11-8-16)20-6-9-24-14-25-20/h2-6,9,14,16,18-19,23H,7-8,10-13H2,1H3/t18-,19+/m0/s1. The Kier molecular flexibility index (Phi) is 5.78. The summed E-state index contributed by atoms with van der Waals surface area (Å²) >= 11 is 6.03. The molecule has 6 nitrogen and oxygen atoms in total. The topological polar surface area (TPSA) is 61.4 Å². The maximum Gasteiger partial charge on any atom is 0.225 e. The van der Waals surface area contributed by atoms with Crippen LogP contribution < -0.4 is 10.2 Å². The van der Waals surface area contributed by atoms with Gasteiger partial charge in [0.1, 0.15) is 12.1 Å². The third-order valence-corrected chi connectivity index (χ3v) is 6.29. The molecule has 1 amide bonds. The number of carbonyl (C=O) groups excluding carboxylic acids is 1. The van der Waals surface area contributed by atoms with Crippen molar-refractivity contribution in [1.29, 1.82) is 0 Å². The van der Waals surface area contributed by atoms with Crippen molar-refractivity contribution in [2.45, 2.75) is 24.8 Å². The van der Waals surface area contributed by atoms with Gasteiger partial charge in [-0.3, -0.25) is 4.79 Å². The number of amides is 1. The predicted octanol–water partition coefficient (Wildman–Crippen LogP) is 2.56. The highest BCUT2D eigenvalue weighted by Gasteiger charge is 2.38. The molecule has 148 valence electrons. The van der Waals surface area contributed by atoms with Crippen LogP contribution in [0.25, 0.3) is 0 Å². The molecule has 1 N–H and O–H groups in total. The Morgan fingerprint density at radius 1 is 1.14 bits per heavy atom. The molecular weight excluding hydrogens is 374 g/mol. The molecule has 2 atom stereocenters. The molecule has 0 radical (unpaired) electrons. The quantitative estimate of drug-likeness (QED) is 0.856. The lowest BCUT2D eigenvalue weighted by atomic mass is 9.94. The molecule has 4 rings (SSSR count). The Morgan fingerprint density at radius 3 is 2.54 bits per heavy atom. The number of halogens is 1. The van der Waals surface area contributed by atoms with Crippen molar-refractivity contribution in [1.82, 2.24) is 20.2 Å². The number of nitrogens with one attached hydrogen (secondary N) is 1. The van der Waals surface area contributed by atoms with E-state index < -0.39 is 0 Å². The van der Waals surface area contributed by atoms with Crippen LogP contribution in [0.1, 0.15) is 24.3 Å². The number of benzene rings is 1. The lowest BCUT2D eigenvalue weighted by Crippen LogP contribution is -2.43. The molecule has 1 aromatic carbocycles. The smallest absolute Gasteiger partial charge is 0.225 e. The van der Waals surface area contributed by atoms with Crippen LogP contribution in [0.15, 0.2) is 42.9 Å². The number of piperidine rings is 1. The minimum absolute atomic E-state index is 0.0968. The summed E-state index contributed by atoms with van der Waals surface area (Å²) in [5, 5.41) is 4.14. The van der Waals surface area contributed by atoms with Crippen LogP contribution >= 0.6 is 11.6 Å². The van der Waals surface area contributed by atoms with Crippen LogP contribution in [0.4, 0.5) is 5.82 Å². The maximum atomic E-state index is 13.2.